The number of nitrogens with two attached hydrogens (primary N) is 1. The van der Waals surface area contributed by atoms with Gasteiger partial charge in [0.15, 0.2) is 0 Å². The van der Waals surface area contributed by atoms with Crippen molar-refractivity contribution in [1.29, 1.82) is 0 Å². The molecular formula is C30H31ClN4O6S. The first-order chi connectivity index (χ1) is 20.0. The molecule has 12 heteroatoms. The minimum Gasteiger partial charge on any atom is -0.465 e. The number of ether oxygens (including phenoxy) is 2. The number of benzene rings is 2. The summed E-state index contributed by atoms with van der Waals surface area (Å²) in [6.45, 7) is 11.8. The summed E-state index contributed by atoms with van der Waals surface area (Å²) in [7, 11) is 1.23. The number of nitrogen functional groups attached to an aromatic ring is 1. The maximum Gasteiger partial charge on any atom is 0.417 e. The normalized spacial score (nSPS) is 9.76. The van der Waals surface area contributed by atoms with Gasteiger partial charge >= 0.3 is 12.1 Å². The van der Waals surface area contributed by atoms with Gasteiger partial charge in [-0.05, 0) is 49.2 Å². The van der Waals surface area contributed by atoms with Gasteiger partial charge in [0.2, 0.25) is 0 Å². The molecule has 0 fully saturated rings. The van der Waals surface area contributed by atoms with Crippen molar-refractivity contribution in [3.05, 3.63) is 105 Å². The Labute approximate surface area is 252 Å². The van der Waals surface area contributed by atoms with Crippen molar-refractivity contribution in [3.63, 3.8) is 0 Å². The van der Waals surface area contributed by atoms with E-state index in [2.05, 4.69) is 16.9 Å². The molecule has 0 unspecified atom stereocenters. The molecule has 220 valence electrons. The van der Waals surface area contributed by atoms with E-state index >= 15 is 0 Å². The Bertz CT molecular complexity index is 1550. The van der Waals surface area contributed by atoms with E-state index in [-0.39, 0.29) is 22.0 Å². The number of carbonyl (C=O) groups excluding carboxylic acids is 2. The molecule has 0 aliphatic carbocycles. The van der Waals surface area contributed by atoms with Crippen LogP contribution in [0.15, 0.2) is 73.6 Å². The number of aromatic nitrogens is 1. The third-order valence-corrected chi connectivity index (χ3v) is 6.81. The number of anilines is 2. The predicted molar refractivity (Wildman–Crippen MR) is 168 cm³/mol. The van der Waals surface area contributed by atoms with E-state index in [0.717, 1.165) is 28.0 Å². The van der Waals surface area contributed by atoms with Crippen molar-refractivity contribution in [3.8, 4) is 16.2 Å². The molecule has 2 aromatic heterocycles. The molecule has 0 atom stereocenters. The van der Waals surface area contributed by atoms with Crippen LogP contribution in [0.4, 0.5) is 21.9 Å². The Balaban J connectivity index is 0.000000396. The zero-order chi connectivity index (χ0) is 31.4. The van der Waals surface area contributed by atoms with Crippen LogP contribution in [0.3, 0.4) is 0 Å². The maximum atomic E-state index is 12.2. The minimum absolute atomic E-state index is 0.106. The molecule has 4 rings (SSSR count). The fourth-order valence-electron chi connectivity index (χ4n) is 3.57. The molecule has 0 saturated heterocycles. The number of pyridine rings is 1. The molecule has 42 heavy (non-hydrogen) atoms. The number of allylic oxidation sites excluding steroid dienone is 1. The Kier molecular flexibility index (Phi) is 12.7. The zero-order valence-corrected chi connectivity index (χ0v) is 25.3. The summed E-state index contributed by atoms with van der Waals surface area (Å²) in [5.74, 6) is -0.520. The van der Waals surface area contributed by atoms with E-state index in [1.54, 1.807) is 42.7 Å². The number of nitro benzene ring substituents is 1. The van der Waals surface area contributed by atoms with Gasteiger partial charge in [0, 0.05) is 39.4 Å². The van der Waals surface area contributed by atoms with Gasteiger partial charge in [-0.2, -0.15) is 0 Å². The van der Waals surface area contributed by atoms with Crippen molar-refractivity contribution < 1.29 is 24.0 Å². The van der Waals surface area contributed by atoms with Gasteiger partial charge in [0.1, 0.15) is 10.6 Å². The number of non-ortho nitro benzene ring substituents is 1. The van der Waals surface area contributed by atoms with Gasteiger partial charge in [-0.25, -0.2) is 9.59 Å². The second kappa shape index (κ2) is 15.9. The van der Waals surface area contributed by atoms with Gasteiger partial charge < -0.3 is 15.2 Å². The lowest BCUT2D eigenvalue weighted by Gasteiger charge is -2.06. The third-order valence-electron chi connectivity index (χ3n) is 5.33. The van der Waals surface area contributed by atoms with E-state index in [1.807, 2.05) is 27.7 Å². The summed E-state index contributed by atoms with van der Waals surface area (Å²) in [4.78, 5) is 39.2. The Hall–Kier alpha value is -4.74. The van der Waals surface area contributed by atoms with Crippen LogP contribution in [0.1, 0.15) is 41.6 Å². The molecule has 4 aromatic rings. The van der Waals surface area contributed by atoms with Crippen molar-refractivity contribution in [2.45, 2.75) is 27.7 Å². The first-order valence-electron chi connectivity index (χ1n) is 12.6. The molecular weight excluding hydrogens is 580 g/mol. The zero-order valence-electron chi connectivity index (χ0n) is 23.8. The van der Waals surface area contributed by atoms with Crippen LogP contribution in [0, 0.1) is 17.0 Å². The smallest absolute Gasteiger partial charge is 0.417 e. The van der Waals surface area contributed by atoms with Crippen LogP contribution in [-0.2, 0) is 4.74 Å². The highest BCUT2D eigenvalue weighted by molar-refractivity contribution is 7.18. The molecule has 0 bridgehead atoms. The summed E-state index contributed by atoms with van der Waals surface area (Å²) in [5, 5.41) is 13.7. The molecule has 0 aliphatic rings. The van der Waals surface area contributed by atoms with E-state index in [4.69, 9.17) is 26.8 Å². The number of hydrogen-bond donors (Lipinski definition) is 2. The average Bonchev–Trinajstić information content (AvgIpc) is 3.37. The van der Waals surface area contributed by atoms with Gasteiger partial charge in [-0.1, -0.05) is 50.2 Å². The number of rotatable bonds is 6. The fraction of sp³-hybridized carbons (Fsp3) is 0.167. The van der Waals surface area contributed by atoms with Crippen LogP contribution in [0.25, 0.3) is 16.0 Å². The molecule has 10 nitrogen and oxygen atoms in total. The van der Waals surface area contributed by atoms with Crippen LogP contribution in [0.5, 0.6) is 5.75 Å². The van der Waals surface area contributed by atoms with E-state index in [1.165, 1.54) is 31.4 Å². The maximum absolute atomic E-state index is 12.2. The number of esters is 1. The quantitative estimate of drug-likeness (QED) is 0.126. The van der Waals surface area contributed by atoms with E-state index in [0.29, 0.717) is 21.2 Å². The van der Waals surface area contributed by atoms with Crippen molar-refractivity contribution >= 4 is 57.6 Å². The number of methoxy groups -OCH3 is 1. The third kappa shape index (κ3) is 8.88. The molecule has 0 radical (unpaired) electrons. The van der Waals surface area contributed by atoms with Crippen molar-refractivity contribution in [1.82, 2.24) is 4.98 Å². The number of carbonyl (C=O) groups is 2. The van der Waals surface area contributed by atoms with Crippen LogP contribution in [-0.4, -0.2) is 29.1 Å². The number of amides is 1. The Morgan fingerprint density at radius 2 is 1.76 bits per heavy atom. The SMILES string of the molecule is C=C(C)c1c(C)cncc1N.CC.COC(=O)c1sc(-c2ccccc2Cl)cc1NC(=O)Oc1ccc([N+](=O)[O-])cc1. The summed E-state index contributed by atoms with van der Waals surface area (Å²) in [6, 6.07) is 13.7. The lowest BCUT2D eigenvalue weighted by atomic mass is 10.0. The summed E-state index contributed by atoms with van der Waals surface area (Å²) in [6.07, 6.45) is 2.57. The Morgan fingerprint density at radius 1 is 1.12 bits per heavy atom. The highest BCUT2D eigenvalue weighted by Gasteiger charge is 2.21. The number of nitrogens with one attached hydrogen (secondary N) is 1. The van der Waals surface area contributed by atoms with E-state index < -0.39 is 17.0 Å². The Morgan fingerprint density at radius 3 is 2.29 bits per heavy atom. The summed E-state index contributed by atoms with van der Waals surface area (Å²) in [5.41, 5.74) is 10.3. The van der Waals surface area contributed by atoms with Gasteiger partial charge in [-0.15, -0.1) is 11.3 Å². The largest absolute Gasteiger partial charge is 0.465 e. The van der Waals surface area contributed by atoms with Crippen LogP contribution >= 0.6 is 22.9 Å². The first kappa shape index (κ1) is 33.5. The van der Waals surface area contributed by atoms with Gasteiger partial charge in [0.25, 0.3) is 5.69 Å². The summed E-state index contributed by atoms with van der Waals surface area (Å²) < 4.78 is 9.89. The molecule has 1 amide bonds. The standard InChI is InChI=1S/C19H13ClN2O6S.C9H12N2.C2H6/c1-27-18(23)17-15(10-16(29-17)13-4-2-3-5-14(13)20)21-19(24)28-12-8-6-11(7-9-12)22(25)26;1-6(2)9-7(3)4-11-5-8(9)10;1-2/h2-10H,1H3,(H,21,24);4-5H,1,10H2,2-3H3;1-2H3. The lowest BCUT2D eigenvalue weighted by Crippen LogP contribution is -2.18. The van der Waals surface area contributed by atoms with Crippen LogP contribution in [0.2, 0.25) is 5.02 Å². The first-order valence-corrected chi connectivity index (χ1v) is 13.8. The summed E-state index contributed by atoms with van der Waals surface area (Å²) >= 11 is 7.32. The van der Waals surface area contributed by atoms with Crippen molar-refractivity contribution in [2.75, 3.05) is 18.2 Å². The number of aryl methyl sites for hydroxylation is 1. The number of nitrogens with zero attached hydrogens (tertiary/aromatic N) is 2. The highest BCUT2D eigenvalue weighted by atomic mass is 35.5. The van der Waals surface area contributed by atoms with E-state index in [9.17, 15) is 19.7 Å². The molecule has 3 N–H and O–H groups in total. The fourth-order valence-corrected chi connectivity index (χ4v) is 4.93. The van der Waals surface area contributed by atoms with Gasteiger partial charge in [-0.3, -0.25) is 20.4 Å². The minimum atomic E-state index is -0.868. The molecule has 0 aliphatic heterocycles. The predicted octanol–water partition coefficient (Wildman–Crippen LogP) is 8.41. The number of nitro groups is 1. The average molecular weight is 611 g/mol. The van der Waals surface area contributed by atoms with Gasteiger partial charge in [0.05, 0.1) is 29.6 Å². The molecule has 0 saturated carbocycles. The second-order valence-corrected chi connectivity index (χ2v) is 9.75. The van der Waals surface area contributed by atoms with Crippen molar-refractivity contribution in [2.24, 2.45) is 0 Å². The van der Waals surface area contributed by atoms with Crippen LogP contribution < -0.4 is 15.8 Å². The molecule has 0 spiro atoms. The number of halogens is 1. The highest BCUT2D eigenvalue weighted by Crippen LogP contribution is 2.38. The lowest BCUT2D eigenvalue weighted by molar-refractivity contribution is -0.384. The topological polar surface area (TPSA) is 147 Å². The molecule has 2 heterocycles. The number of hydrogen-bond acceptors (Lipinski definition) is 9. The molecule has 2 aromatic carbocycles. The number of thiophene rings is 1. The second-order valence-electron chi connectivity index (χ2n) is 8.29. The monoisotopic (exact) mass is 610 g/mol.